The van der Waals surface area contributed by atoms with E-state index in [4.69, 9.17) is 23.2 Å². The van der Waals surface area contributed by atoms with Crippen molar-refractivity contribution in [1.29, 1.82) is 0 Å². The lowest BCUT2D eigenvalue weighted by Crippen LogP contribution is -2.25. The van der Waals surface area contributed by atoms with Crippen molar-refractivity contribution < 1.29 is 4.79 Å². The number of nitrogens with one attached hydrogen (secondary N) is 1. The molecular weight excluding hydrogens is 499 g/mol. The average molecular weight is 519 g/mol. The van der Waals surface area contributed by atoms with Crippen molar-refractivity contribution in [2.45, 2.75) is 17.5 Å². The number of carbonyl (C=O) groups excluding carboxylic acids is 1. The third kappa shape index (κ3) is 5.20. The van der Waals surface area contributed by atoms with Gasteiger partial charge in [-0.1, -0.05) is 102 Å². The zero-order valence-corrected chi connectivity index (χ0v) is 20.8. The Morgan fingerprint density at radius 3 is 2.51 bits per heavy atom. The normalized spacial score (nSPS) is 11.0. The number of thioether (sulfide) groups is 1. The summed E-state index contributed by atoms with van der Waals surface area (Å²) in [4.78, 5) is 13.1. The topological polar surface area (TPSA) is 59.8 Å². The third-order valence-corrected chi connectivity index (χ3v) is 7.06. The Balaban J connectivity index is 1.44. The van der Waals surface area contributed by atoms with Crippen LogP contribution in [0, 0.1) is 0 Å². The van der Waals surface area contributed by atoms with Crippen LogP contribution in [0.5, 0.6) is 0 Å². The summed E-state index contributed by atoms with van der Waals surface area (Å²) >= 11 is 14.4. The summed E-state index contributed by atoms with van der Waals surface area (Å²) in [7, 11) is 0. The average Bonchev–Trinajstić information content (AvgIpc) is 3.30. The zero-order valence-electron chi connectivity index (χ0n) is 18.5. The summed E-state index contributed by atoms with van der Waals surface area (Å²) in [6.07, 6.45) is 0. The summed E-state index contributed by atoms with van der Waals surface area (Å²) in [6.45, 7) is 0.170. The van der Waals surface area contributed by atoms with E-state index in [0.29, 0.717) is 38.0 Å². The van der Waals surface area contributed by atoms with E-state index in [0.717, 1.165) is 16.3 Å². The second kappa shape index (κ2) is 10.5. The highest BCUT2D eigenvalue weighted by Gasteiger charge is 2.19. The Hall–Kier alpha value is -3.32. The Kier molecular flexibility index (Phi) is 7.04. The second-order valence-corrected chi connectivity index (χ2v) is 9.60. The Labute approximate surface area is 217 Å². The molecule has 4 aromatic carbocycles. The van der Waals surface area contributed by atoms with Gasteiger partial charge in [0, 0.05) is 16.3 Å². The molecule has 0 aliphatic rings. The minimum Gasteiger partial charge on any atom is -0.345 e. The fraction of sp³-hybridized carbons (Fsp3) is 0.0741. The van der Waals surface area contributed by atoms with Crippen LogP contribution in [0.1, 0.15) is 21.7 Å². The van der Waals surface area contributed by atoms with Crippen LogP contribution in [0.3, 0.4) is 0 Å². The van der Waals surface area contributed by atoms with E-state index < -0.39 is 0 Å². The van der Waals surface area contributed by atoms with Crippen molar-refractivity contribution in [2.75, 3.05) is 0 Å². The molecule has 0 radical (unpaired) electrons. The van der Waals surface area contributed by atoms with E-state index >= 15 is 0 Å². The molecule has 5 rings (SSSR count). The molecule has 0 atom stereocenters. The number of fused-ring (bicyclic) bond motifs is 1. The van der Waals surface area contributed by atoms with Crippen molar-refractivity contribution in [3.05, 3.63) is 118 Å². The molecule has 0 aliphatic carbocycles. The first-order valence-electron chi connectivity index (χ1n) is 10.9. The van der Waals surface area contributed by atoms with E-state index in [1.54, 1.807) is 18.2 Å². The van der Waals surface area contributed by atoms with Crippen molar-refractivity contribution in [2.24, 2.45) is 0 Å². The van der Waals surface area contributed by atoms with Gasteiger partial charge in [0.05, 0.1) is 17.3 Å². The SMILES string of the molecule is O=C(NCc1nnc(SCc2ccccc2)n1-c1cc(Cl)ccc1Cl)c1cccc2ccccc12. The summed E-state index contributed by atoms with van der Waals surface area (Å²) in [5, 5.41) is 15.4. The number of nitrogens with zero attached hydrogens (tertiary/aromatic N) is 3. The smallest absolute Gasteiger partial charge is 0.252 e. The van der Waals surface area contributed by atoms with Gasteiger partial charge in [-0.15, -0.1) is 10.2 Å². The predicted octanol–water partition coefficient (Wildman–Crippen LogP) is 6.95. The highest BCUT2D eigenvalue weighted by molar-refractivity contribution is 7.98. The fourth-order valence-electron chi connectivity index (χ4n) is 3.81. The molecule has 1 N–H and O–H groups in total. The minimum absolute atomic E-state index is 0.170. The lowest BCUT2D eigenvalue weighted by Gasteiger charge is -2.13. The zero-order chi connectivity index (χ0) is 24.2. The van der Waals surface area contributed by atoms with Gasteiger partial charge in [-0.3, -0.25) is 9.36 Å². The maximum absolute atomic E-state index is 13.1. The molecule has 174 valence electrons. The highest BCUT2D eigenvalue weighted by atomic mass is 35.5. The standard InChI is InChI=1S/C27H20Cl2N4OS/c28-20-13-14-23(29)24(15-20)33-25(31-32-27(33)35-17-18-7-2-1-3-8-18)16-30-26(34)22-12-6-10-19-9-4-5-11-21(19)22/h1-15H,16-17H2,(H,30,34). The molecule has 0 fully saturated rings. The molecule has 0 bridgehead atoms. The van der Waals surface area contributed by atoms with Gasteiger partial charge in [-0.2, -0.15) is 0 Å². The van der Waals surface area contributed by atoms with Gasteiger partial charge in [0.1, 0.15) is 0 Å². The lowest BCUT2D eigenvalue weighted by atomic mass is 10.0. The molecule has 0 aliphatic heterocycles. The Bertz CT molecular complexity index is 1500. The number of halogens is 2. The van der Waals surface area contributed by atoms with E-state index in [1.807, 2.05) is 65.2 Å². The van der Waals surface area contributed by atoms with E-state index in [1.165, 1.54) is 11.8 Å². The van der Waals surface area contributed by atoms with Crippen LogP contribution in [0.25, 0.3) is 16.5 Å². The summed E-state index contributed by atoms with van der Waals surface area (Å²) in [5.74, 6) is 1.07. The van der Waals surface area contributed by atoms with Gasteiger partial charge in [-0.25, -0.2) is 0 Å². The van der Waals surface area contributed by atoms with E-state index in [9.17, 15) is 4.79 Å². The molecule has 1 heterocycles. The molecule has 0 saturated carbocycles. The maximum atomic E-state index is 13.1. The van der Waals surface area contributed by atoms with Crippen molar-refractivity contribution >= 4 is 51.6 Å². The Morgan fingerprint density at radius 1 is 0.886 bits per heavy atom. The fourth-order valence-corrected chi connectivity index (χ4v) is 5.10. The van der Waals surface area contributed by atoms with E-state index in [2.05, 4.69) is 27.6 Å². The van der Waals surface area contributed by atoms with Gasteiger partial charge in [0.2, 0.25) is 0 Å². The molecular formula is C27H20Cl2N4OS. The van der Waals surface area contributed by atoms with Crippen LogP contribution < -0.4 is 5.32 Å². The second-order valence-electron chi connectivity index (χ2n) is 7.81. The first kappa shape index (κ1) is 23.4. The number of amides is 1. The van der Waals surface area contributed by atoms with E-state index in [-0.39, 0.29) is 12.5 Å². The number of benzene rings is 4. The first-order chi connectivity index (χ1) is 17.1. The lowest BCUT2D eigenvalue weighted by molar-refractivity contribution is 0.0951. The van der Waals surface area contributed by atoms with Gasteiger partial charge >= 0.3 is 0 Å². The van der Waals surface area contributed by atoms with Crippen LogP contribution >= 0.6 is 35.0 Å². The largest absolute Gasteiger partial charge is 0.345 e. The minimum atomic E-state index is -0.188. The molecule has 1 aromatic heterocycles. The number of aromatic nitrogens is 3. The van der Waals surface area contributed by atoms with Crippen LogP contribution in [0.4, 0.5) is 0 Å². The molecule has 35 heavy (non-hydrogen) atoms. The van der Waals surface area contributed by atoms with Gasteiger partial charge < -0.3 is 5.32 Å². The van der Waals surface area contributed by atoms with Crippen molar-refractivity contribution in [3.63, 3.8) is 0 Å². The predicted molar refractivity (Wildman–Crippen MR) is 143 cm³/mol. The first-order valence-corrected chi connectivity index (χ1v) is 12.7. The van der Waals surface area contributed by atoms with Crippen molar-refractivity contribution in [1.82, 2.24) is 20.1 Å². The number of rotatable bonds is 7. The molecule has 5 nitrogen and oxygen atoms in total. The van der Waals surface area contributed by atoms with Gasteiger partial charge in [0.15, 0.2) is 11.0 Å². The summed E-state index contributed by atoms with van der Waals surface area (Å²) in [5.41, 5.74) is 2.43. The monoisotopic (exact) mass is 518 g/mol. The third-order valence-electron chi connectivity index (χ3n) is 5.50. The number of hydrogen-bond donors (Lipinski definition) is 1. The number of carbonyl (C=O) groups is 1. The molecule has 0 unspecified atom stereocenters. The van der Waals surface area contributed by atoms with Gasteiger partial charge in [0.25, 0.3) is 5.91 Å². The van der Waals surface area contributed by atoms with Crippen LogP contribution in [0.15, 0.2) is 96.2 Å². The molecule has 1 amide bonds. The summed E-state index contributed by atoms with van der Waals surface area (Å²) in [6, 6.07) is 28.8. The maximum Gasteiger partial charge on any atom is 0.252 e. The molecule has 0 saturated heterocycles. The molecule has 8 heteroatoms. The van der Waals surface area contributed by atoms with Gasteiger partial charge in [-0.05, 0) is 40.6 Å². The van der Waals surface area contributed by atoms with Crippen LogP contribution in [0.2, 0.25) is 10.0 Å². The number of hydrogen-bond acceptors (Lipinski definition) is 4. The molecule has 5 aromatic rings. The molecule has 0 spiro atoms. The quantitative estimate of drug-likeness (QED) is 0.237. The van der Waals surface area contributed by atoms with Crippen LogP contribution in [-0.4, -0.2) is 20.7 Å². The Morgan fingerprint density at radius 2 is 1.66 bits per heavy atom. The van der Waals surface area contributed by atoms with Crippen molar-refractivity contribution in [3.8, 4) is 5.69 Å². The highest BCUT2D eigenvalue weighted by Crippen LogP contribution is 2.31. The van der Waals surface area contributed by atoms with Crippen LogP contribution in [-0.2, 0) is 12.3 Å². The summed E-state index contributed by atoms with van der Waals surface area (Å²) < 4.78 is 1.85.